The predicted octanol–water partition coefficient (Wildman–Crippen LogP) is 4.35. The Morgan fingerprint density at radius 3 is 2.53 bits per heavy atom. The minimum atomic E-state index is -0.916. The standard InChI is InChI=1S/C27H23NO6/c1-15-13-18-14-17(9-12-21(18)34-15)25(30)23-24(16-7-10-19(29)11-8-16)28(27(32)26(23)31)20-5-3-4-6-22(20)33-2/h3-12,14-15,24,29-30H,13H2,1-2H3/b25-23-. The molecule has 3 aromatic carbocycles. The van der Waals surface area contributed by atoms with Gasteiger partial charge >= 0.3 is 0 Å². The average Bonchev–Trinajstić information content (AvgIpc) is 3.34. The minimum Gasteiger partial charge on any atom is -0.508 e. The molecule has 2 unspecified atom stereocenters. The number of hydrogen-bond donors (Lipinski definition) is 2. The van der Waals surface area contributed by atoms with E-state index in [9.17, 15) is 19.8 Å². The molecular formula is C27H23NO6. The molecule has 172 valence electrons. The van der Waals surface area contributed by atoms with Crippen molar-refractivity contribution in [2.24, 2.45) is 0 Å². The number of benzene rings is 3. The first kappa shape index (κ1) is 21.6. The number of aliphatic hydroxyl groups excluding tert-OH is 1. The molecule has 2 aliphatic heterocycles. The van der Waals surface area contributed by atoms with Crippen molar-refractivity contribution in [3.05, 3.63) is 89.0 Å². The van der Waals surface area contributed by atoms with Gasteiger partial charge in [0, 0.05) is 12.0 Å². The molecule has 5 rings (SSSR count). The Bertz CT molecular complexity index is 1330. The number of aliphatic hydroxyl groups is 1. The molecule has 0 spiro atoms. The first-order valence-corrected chi connectivity index (χ1v) is 10.9. The first-order valence-electron chi connectivity index (χ1n) is 10.9. The summed E-state index contributed by atoms with van der Waals surface area (Å²) in [6, 6.07) is 17.4. The van der Waals surface area contributed by atoms with Crippen LogP contribution in [-0.2, 0) is 16.0 Å². The van der Waals surface area contributed by atoms with Gasteiger partial charge in [-0.3, -0.25) is 14.5 Å². The van der Waals surface area contributed by atoms with Crippen LogP contribution >= 0.6 is 0 Å². The highest BCUT2D eigenvalue weighted by atomic mass is 16.5. The lowest BCUT2D eigenvalue weighted by atomic mass is 9.94. The molecule has 3 aromatic rings. The molecule has 0 radical (unpaired) electrons. The van der Waals surface area contributed by atoms with E-state index >= 15 is 0 Å². The van der Waals surface area contributed by atoms with Crippen molar-refractivity contribution >= 4 is 23.1 Å². The van der Waals surface area contributed by atoms with Gasteiger partial charge in [-0.05, 0) is 60.5 Å². The van der Waals surface area contributed by atoms with Crippen molar-refractivity contribution in [3.63, 3.8) is 0 Å². The lowest BCUT2D eigenvalue weighted by Gasteiger charge is -2.26. The maximum absolute atomic E-state index is 13.3. The number of phenols is 1. The van der Waals surface area contributed by atoms with Crippen LogP contribution in [0.3, 0.4) is 0 Å². The number of ketones is 1. The van der Waals surface area contributed by atoms with Crippen molar-refractivity contribution in [1.29, 1.82) is 0 Å². The van der Waals surface area contributed by atoms with E-state index in [2.05, 4.69) is 0 Å². The van der Waals surface area contributed by atoms with Crippen LogP contribution < -0.4 is 14.4 Å². The van der Waals surface area contributed by atoms with E-state index in [0.29, 0.717) is 29.0 Å². The van der Waals surface area contributed by atoms with E-state index in [1.54, 1.807) is 54.6 Å². The lowest BCUT2D eigenvalue weighted by Crippen LogP contribution is -2.29. The van der Waals surface area contributed by atoms with Gasteiger partial charge in [0.15, 0.2) is 0 Å². The van der Waals surface area contributed by atoms with Crippen molar-refractivity contribution in [2.45, 2.75) is 25.5 Å². The fourth-order valence-electron chi connectivity index (χ4n) is 4.61. The monoisotopic (exact) mass is 457 g/mol. The topological polar surface area (TPSA) is 96.3 Å². The Kier molecular flexibility index (Phi) is 5.24. The number of amides is 1. The van der Waals surface area contributed by atoms with Gasteiger partial charge in [0.25, 0.3) is 11.7 Å². The fourth-order valence-corrected chi connectivity index (χ4v) is 4.61. The van der Waals surface area contributed by atoms with E-state index in [0.717, 1.165) is 11.3 Å². The number of rotatable bonds is 4. The molecule has 0 saturated carbocycles. The quantitative estimate of drug-likeness (QED) is 0.344. The Balaban J connectivity index is 1.71. The molecule has 0 aromatic heterocycles. The summed E-state index contributed by atoms with van der Waals surface area (Å²) < 4.78 is 11.2. The van der Waals surface area contributed by atoms with E-state index in [4.69, 9.17) is 9.47 Å². The summed E-state index contributed by atoms with van der Waals surface area (Å²) in [5.74, 6) is -0.638. The fraction of sp³-hybridized carbons (Fsp3) is 0.185. The van der Waals surface area contributed by atoms with Gasteiger partial charge in [-0.15, -0.1) is 0 Å². The van der Waals surface area contributed by atoms with Gasteiger partial charge in [0.1, 0.15) is 29.1 Å². The maximum atomic E-state index is 13.3. The van der Waals surface area contributed by atoms with Crippen LogP contribution in [0.25, 0.3) is 5.76 Å². The van der Waals surface area contributed by atoms with Crippen LogP contribution in [0.2, 0.25) is 0 Å². The van der Waals surface area contributed by atoms with Gasteiger partial charge in [0.2, 0.25) is 0 Å². The van der Waals surface area contributed by atoms with Gasteiger partial charge in [0.05, 0.1) is 24.4 Å². The van der Waals surface area contributed by atoms with E-state index in [-0.39, 0.29) is 23.2 Å². The number of nitrogens with zero attached hydrogens (tertiary/aromatic N) is 1. The summed E-state index contributed by atoms with van der Waals surface area (Å²) in [6.07, 6.45) is 0.716. The molecule has 2 aliphatic rings. The number of aromatic hydroxyl groups is 1. The Labute approximate surface area is 196 Å². The number of methoxy groups -OCH3 is 1. The molecule has 7 heteroatoms. The normalized spacial score (nSPS) is 20.8. The van der Waals surface area contributed by atoms with E-state index < -0.39 is 17.7 Å². The average molecular weight is 457 g/mol. The number of carbonyl (C=O) groups is 2. The molecule has 7 nitrogen and oxygen atoms in total. The molecule has 1 saturated heterocycles. The highest BCUT2D eigenvalue weighted by molar-refractivity contribution is 6.51. The summed E-state index contributed by atoms with van der Waals surface area (Å²) >= 11 is 0. The smallest absolute Gasteiger partial charge is 0.300 e. The summed E-state index contributed by atoms with van der Waals surface area (Å²) in [5, 5.41) is 21.1. The summed E-state index contributed by atoms with van der Waals surface area (Å²) in [4.78, 5) is 28.0. The number of hydrogen-bond acceptors (Lipinski definition) is 6. The van der Waals surface area contributed by atoms with Crippen LogP contribution in [-0.4, -0.2) is 35.1 Å². The van der Waals surface area contributed by atoms with Crippen LogP contribution in [0.1, 0.15) is 29.7 Å². The molecule has 2 heterocycles. The predicted molar refractivity (Wildman–Crippen MR) is 126 cm³/mol. The van der Waals surface area contributed by atoms with Crippen molar-refractivity contribution in [2.75, 3.05) is 12.0 Å². The van der Waals surface area contributed by atoms with E-state index in [1.165, 1.54) is 24.1 Å². The second-order valence-electron chi connectivity index (χ2n) is 8.39. The Hall–Kier alpha value is -4.26. The van der Waals surface area contributed by atoms with Gasteiger partial charge in [-0.1, -0.05) is 24.3 Å². The number of ether oxygens (including phenoxy) is 2. The third-order valence-electron chi connectivity index (χ3n) is 6.17. The van der Waals surface area contributed by atoms with Gasteiger partial charge < -0.3 is 19.7 Å². The third kappa shape index (κ3) is 3.46. The zero-order valence-corrected chi connectivity index (χ0v) is 18.7. The highest BCUT2D eigenvalue weighted by Gasteiger charge is 2.47. The zero-order chi connectivity index (χ0) is 24.0. The number of carbonyl (C=O) groups excluding carboxylic acids is 2. The number of anilines is 1. The molecule has 2 N–H and O–H groups in total. The molecule has 34 heavy (non-hydrogen) atoms. The van der Waals surface area contributed by atoms with Crippen LogP contribution in [0.4, 0.5) is 5.69 Å². The molecular weight excluding hydrogens is 434 g/mol. The van der Waals surface area contributed by atoms with Crippen molar-refractivity contribution < 1.29 is 29.3 Å². The number of para-hydroxylation sites is 2. The van der Waals surface area contributed by atoms with Crippen LogP contribution in [0.5, 0.6) is 17.2 Å². The molecule has 1 fully saturated rings. The van der Waals surface area contributed by atoms with Crippen LogP contribution in [0, 0.1) is 0 Å². The second kappa shape index (κ2) is 8.26. The zero-order valence-electron chi connectivity index (χ0n) is 18.7. The Morgan fingerprint density at radius 1 is 1.06 bits per heavy atom. The second-order valence-corrected chi connectivity index (χ2v) is 8.39. The lowest BCUT2D eigenvalue weighted by molar-refractivity contribution is -0.132. The van der Waals surface area contributed by atoms with Gasteiger partial charge in [-0.25, -0.2) is 0 Å². The molecule has 0 aliphatic carbocycles. The summed E-state index contributed by atoms with van der Waals surface area (Å²) in [6.45, 7) is 1.96. The summed E-state index contributed by atoms with van der Waals surface area (Å²) in [7, 11) is 1.48. The summed E-state index contributed by atoms with van der Waals surface area (Å²) in [5.41, 5.74) is 2.28. The number of phenolic OH excluding ortho intramolecular Hbond substituents is 1. The van der Waals surface area contributed by atoms with E-state index in [1.807, 2.05) is 6.92 Å². The Morgan fingerprint density at radius 2 is 1.79 bits per heavy atom. The number of Topliss-reactive ketones (excluding diaryl/α,β-unsaturated/α-hetero) is 1. The molecule has 1 amide bonds. The number of fused-ring (bicyclic) bond motifs is 1. The SMILES string of the molecule is COc1ccccc1N1C(=O)C(=O)/C(=C(\O)c2ccc3c(c2)CC(C)O3)C1c1ccc(O)cc1. The van der Waals surface area contributed by atoms with Crippen LogP contribution in [0.15, 0.2) is 72.3 Å². The minimum absolute atomic E-state index is 0.0283. The molecule has 2 atom stereocenters. The largest absolute Gasteiger partial charge is 0.508 e. The van der Waals surface area contributed by atoms with Gasteiger partial charge in [-0.2, -0.15) is 0 Å². The first-order chi connectivity index (χ1) is 16.4. The maximum Gasteiger partial charge on any atom is 0.300 e. The van der Waals surface area contributed by atoms with Crippen molar-refractivity contribution in [3.8, 4) is 17.2 Å². The highest BCUT2D eigenvalue weighted by Crippen LogP contribution is 2.45. The molecule has 0 bridgehead atoms. The third-order valence-corrected chi connectivity index (χ3v) is 6.17. The van der Waals surface area contributed by atoms with Crippen molar-refractivity contribution in [1.82, 2.24) is 0 Å².